The van der Waals surface area contributed by atoms with Crippen molar-refractivity contribution >= 4 is 35.6 Å². The molecule has 4 atom stereocenters. The average Bonchev–Trinajstić information content (AvgIpc) is 2.80. The fraction of sp³-hybridized carbons (Fsp3) is 0.455. The predicted molar refractivity (Wildman–Crippen MR) is 123 cm³/mol. The molecule has 3 amide bonds. The summed E-state index contributed by atoms with van der Waals surface area (Å²) in [6.07, 6.45) is -1.54. The Labute approximate surface area is 205 Å². The molecule has 0 aromatic heterocycles. The van der Waals surface area contributed by atoms with Crippen LogP contribution in [0.1, 0.15) is 38.2 Å². The number of nitrogens with one attached hydrogen (secondary N) is 3. The van der Waals surface area contributed by atoms with Gasteiger partial charge in [0.1, 0.15) is 23.9 Å². The van der Waals surface area contributed by atoms with Crippen LogP contribution < -0.4 is 21.7 Å². The number of phenolic OH excluding ortho intramolecular Hbond substituents is 1. The summed E-state index contributed by atoms with van der Waals surface area (Å²) >= 11 is 0. The number of benzene rings is 1. The van der Waals surface area contributed by atoms with Crippen molar-refractivity contribution in [1.82, 2.24) is 16.0 Å². The summed E-state index contributed by atoms with van der Waals surface area (Å²) < 4.78 is 0. The fourth-order valence-corrected chi connectivity index (χ4v) is 2.97. The summed E-state index contributed by atoms with van der Waals surface area (Å²) in [5.41, 5.74) is 6.12. The Kier molecular flexibility index (Phi) is 11.8. The van der Waals surface area contributed by atoms with Gasteiger partial charge in [-0.2, -0.15) is 0 Å². The van der Waals surface area contributed by atoms with Crippen molar-refractivity contribution in [3.8, 4) is 5.75 Å². The van der Waals surface area contributed by atoms with Crippen molar-refractivity contribution in [3.05, 3.63) is 29.8 Å². The summed E-state index contributed by atoms with van der Waals surface area (Å²) in [6.45, 7) is 1.31. The van der Waals surface area contributed by atoms with E-state index in [2.05, 4.69) is 16.0 Å². The zero-order valence-electron chi connectivity index (χ0n) is 19.5. The fourth-order valence-electron chi connectivity index (χ4n) is 2.97. The summed E-state index contributed by atoms with van der Waals surface area (Å²) in [7, 11) is 0. The minimum Gasteiger partial charge on any atom is -0.508 e. The van der Waals surface area contributed by atoms with E-state index in [0.717, 1.165) is 0 Å². The lowest BCUT2D eigenvalue weighted by Crippen LogP contribution is -2.57. The number of carbonyl (C=O) groups excluding carboxylic acids is 3. The highest BCUT2D eigenvalue weighted by atomic mass is 16.4. The van der Waals surface area contributed by atoms with Crippen LogP contribution in [-0.4, -0.2) is 80.2 Å². The standard InChI is InChI=1S/C22H30N4O10/c1-11(24-20(33)14(23)6-8-17(28)29)19(32)26-16(10-12-2-4-13(27)5-3-12)21(34)25-15(22(35)36)7-9-18(30)31/h2-5,11,14-16,27H,6-10,23H2,1H3,(H,24,33)(H,25,34)(H,26,32)(H,28,29)(H,30,31)(H,35,36). The third-order valence-corrected chi connectivity index (χ3v) is 5.03. The molecule has 0 fully saturated rings. The second-order valence-electron chi connectivity index (χ2n) is 8.03. The largest absolute Gasteiger partial charge is 0.508 e. The van der Waals surface area contributed by atoms with Crippen LogP contribution >= 0.6 is 0 Å². The highest BCUT2D eigenvalue weighted by molar-refractivity contribution is 5.94. The van der Waals surface area contributed by atoms with E-state index in [-0.39, 0.29) is 25.0 Å². The van der Waals surface area contributed by atoms with Crippen LogP contribution in [0.5, 0.6) is 5.75 Å². The molecule has 0 bridgehead atoms. The molecular weight excluding hydrogens is 480 g/mol. The van der Waals surface area contributed by atoms with Gasteiger partial charge in [-0.05, 0) is 37.5 Å². The number of rotatable bonds is 15. The van der Waals surface area contributed by atoms with Crippen LogP contribution in [0.25, 0.3) is 0 Å². The maximum Gasteiger partial charge on any atom is 0.326 e. The number of aliphatic carboxylic acids is 3. The van der Waals surface area contributed by atoms with Crippen LogP contribution in [0.3, 0.4) is 0 Å². The lowest BCUT2D eigenvalue weighted by atomic mass is 10.0. The Morgan fingerprint density at radius 2 is 1.31 bits per heavy atom. The molecular formula is C22H30N4O10. The number of carbonyl (C=O) groups is 6. The van der Waals surface area contributed by atoms with Gasteiger partial charge in [-0.25, -0.2) is 4.79 Å². The van der Waals surface area contributed by atoms with Crippen LogP contribution in [0.2, 0.25) is 0 Å². The summed E-state index contributed by atoms with van der Waals surface area (Å²) in [5.74, 6) is -6.41. The topological polar surface area (TPSA) is 245 Å². The van der Waals surface area contributed by atoms with Gasteiger partial charge in [-0.15, -0.1) is 0 Å². The molecule has 0 radical (unpaired) electrons. The number of amides is 3. The normalized spacial score (nSPS) is 13.9. The summed E-state index contributed by atoms with van der Waals surface area (Å²) in [5, 5.41) is 43.2. The van der Waals surface area contributed by atoms with Gasteiger partial charge in [0.15, 0.2) is 0 Å². The zero-order valence-corrected chi connectivity index (χ0v) is 19.5. The molecule has 1 aromatic rings. The monoisotopic (exact) mass is 510 g/mol. The van der Waals surface area contributed by atoms with Gasteiger partial charge in [0.25, 0.3) is 0 Å². The van der Waals surface area contributed by atoms with Gasteiger partial charge < -0.3 is 42.1 Å². The van der Waals surface area contributed by atoms with Crippen molar-refractivity contribution in [2.45, 2.75) is 63.2 Å². The lowest BCUT2D eigenvalue weighted by Gasteiger charge is -2.24. The molecule has 0 spiro atoms. The second-order valence-corrected chi connectivity index (χ2v) is 8.03. The number of phenols is 1. The van der Waals surface area contributed by atoms with E-state index < -0.39 is 72.6 Å². The van der Waals surface area contributed by atoms with E-state index >= 15 is 0 Å². The summed E-state index contributed by atoms with van der Waals surface area (Å²) in [4.78, 5) is 70.6. The van der Waals surface area contributed by atoms with Gasteiger partial charge >= 0.3 is 17.9 Å². The molecule has 1 rings (SSSR count). The number of aromatic hydroxyl groups is 1. The quantitative estimate of drug-likeness (QED) is 0.136. The van der Waals surface area contributed by atoms with E-state index in [9.17, 15) is 39.0 Å². The van der Waals surface area contributed by atoms with E-state index in [1.165, 1.54) is 31.2 Å². The van der Waals surface area contributed by atoms with Gasteiger partial charge in [-0.3, -0.25) is 24.0 Å². The Bertz CT molecular complexity index is 966. The number of carboxylic acids is 3. The van der Waals surface area contributed by atoms with Gasteiger partial charge in [0.05, 0.1) is 6.04 Å². The molecule has 4 unspecified atom stereocenters. The van der Waals surface area contributed by atoms with Crippen molar-refractivity contribution in [1.29, 1.82) is 0 Å². The van der Waals surface area contributed by atoms with Gasteiger partial charge in [-0.1, -0.05) is 12.1 Å². The Morgan fingerprint density at radius 3 is 1.83 bits per heavy atom. The van der Waals surface area contributed by atoms with E-state index in [1.807, 2.05) is 0 Å². The Balaban J connectivity index is 2.95. The van der Waals surface area contributed by atoms with Crippen LogP contribution in [0, 0.1) is 0 Å². The third kappa shape index (κ3) is 10.8. The van der Waals surface area contributed by atoms with Crippen molar-refractivity contribution < 1.29 is 49.2 Å². The molecule has 0 saturated carbocycles. The first-order valence-corrected chi connectivity index (χ1v) is 10.9. The SMILES string of the molecule is CC(NC(=O)C(N)CCC(=O)O)C(=O)NC(Cc1ccc(O)cc1)C(=O)NC(CCC(=O)O)C(=O)O. The molecule has 14 nitrogen and oxygen atoms in total. The molecule has 36 heavy (non-hydrogen) atoms. The number of nitrogens with two attached hydrogens (primary N) is 1. The molecule has 1 aromatic carbocycles. The molecule has 0 heterocycles. The van der Waals surface area contributed by atoms with Crippen LogP contribution in [-0.2, 0) is 35.2 Å². The molecule has 0 aliphatic heterocycles. The highest BCUT2D eigenvalue weighted by Gasteiger charge is 2.29. The first kappa shape index (κ1) is 29.8. The molecule has 0 aliphatic rings. The van der Waals surface area contributed by atoms with E-state index in [1.54, 1.807) is 0 Å². The van der Waals surface area contributed by atoms with Crippen molar-refractivity contribution in [2.75, 3.05) is 0 Å². The highest BCUT2D eigenvalue weighted by Crippen LogP contribution is 2.12. The van der Waals surface area contributed by atoms with E-state index in [4.69, 9.17) is 15.9 Å². The Hall–Kier alpha value is -4.20. The Morgan fingerprint density at radius 1 is 0.778 bits per heavy atom. The maximum absolute atomic E-state index is 12.9. The smallest absolute Gasteiger partial charge is 0.326 e. The first-order chi connectivity index (χ1) is 16.8. The van der Waals surface area contributed by atoms with Gasteiger partial charge in [0.2, 0.25) is 17.7 Å². The lowest BCUT2D eigenvalue weighted by molar-refractivity contribution is -0.143. The van der Waals surface area contributed by atoms with Gasteiger partial charge in [0, 0.05) is 19.3 Å². The second kappa shape index (κ2) is 14.3. The zero-order chi connectivity index (χ0) is 27.4. The molecule has 0 aliphatic carbocycles. The average molecular weight is 511 g/mol. The van der Waals surface area contributed by atoms with Crippen LogP contribution in [0.15, 0.2) is 24.3 Å². The minimum absolute atomic E-state index is 0.0426. The van der Waals surface area contributed by atoms with Crippen molar-refractivity contribution in [3.63, 3.8) is 0 Å². The summed E-state index contributed by atoms with van der Waals surface area (Å²) in [6, 6.07) is 0.428. The molecule has 0 saturated heterocycles. The predicted octanol–water partition coefficient (Wildman–Crippen LogP) is -1.45. The molecule has 9 N–H and O–H groups in total. The number of carboxylic acid groups (broad SMARTS) is 3. The third-order valence-electron chi connectivity index (χ3n) is 5.03. The number of hydrogen-bond acceptors (Lipinski definition) is 8. The van der Waals surface area contributed by atoms with E-state index in [0.29, 0.717) is 5.56 Å². The molecule has 14 heteroatoms. The first-order valence-electron chi connectivity index (χ1n) is 10.9. The maximum atomic E-state index is 12.9. The number of hydrogen-bond donors (Lipinski definition) is 8. The van der Waals surface area contributed by atoms with Crippen molar-refractivity contribution in [2.24, 2.45) is 5.73 Å². The van der Waals surface area contributed by atoms with Crippen LogP contribution in [0.4, 0.5) is 0 Å². The minimum atomic E-state index is -1.53. The molecule has 198 valence electrons.